The summed E-state index contributed by atoms with van der Waals surface area (Å²) in [6.07, 6.45) is 4.88. The van der Waals surface area contributed by atoms with Crippen molar-refractivity contribution in [3.05, 3.63) is 12.0 Å². The molecule has 0 spiro atoms. The molecule has 5 heteroatoms. The summed E-state index contributed by atoms with van der Waals surface area (Å²) in [5, 5.41) is 11.7. The van der Waals surface area contributed by atoms with Crippen molar-refractivity contribution in [3.63, 3.8) is 0 Å². The van der Waals surface area contributed by atoms with Crippen molar-refractivity contribution >= 4 is 12.0 Å². The third-order valence-electron chi connectivity index (χ3n) is 3.07. The van der Waals surface area contributed by atoms with E-state index in [1.807, 2.05) is 0 Å². The molecule has 2 rings (SSSR count). The molecular weight excluding hydrogens is 208 g/mol. The summed E-state index contributed by atoms with van der Waals surface area (Å²) in [5.41, 5.74) is -0.0534. The molecule has 2 unspecified atom stereocenters. The lowest BCUT2D eigenvalue weighted by Gasteiger charge is -2.08. The zero-order chi connectivity index (χ0) is 11.5. The molecule has 1 aromatic heterocycles. The summed E-state index contributed by atoms with van der Waals surface area (Å²) < 4.78 is 5.01. The Balaban J connectivity index is 1.83. The van der Waals surface area contributed by atoms with Gasteiger partial charge in [-0.3, -0.25) is 0 Å². The maximum absolute atomic E-state index is 10.6. The molecule has 1 saturated carbocycles. The number of hydrogen-bond donors (Lipinski definition) is 2. The molecule has 1 heterocycles. The standard InChI is InChI=1S/C11H16N2O3/c1-7-2-3-8(4-7)5-12-11-13-9(6-16-11)10(14)15/h6-8H,2-5H2,1H3,(H,12,13)(H,14,15). The lowest BCUT2D eigenvalue weighted by atomic mass is 10.1. The highest BCUT2D eigenvalue weighted by atomic mass is 16.4. The fraction of sp³-hybridized carbons (Fsp3) is 0.636. The molecule has 0 saturated heterocycles. The van der Waals surface area contributed by atoms with Crippen molar-refractivity contribution in [1.29, 1.82) is 0 Å². The van der Waals surface area contributed by atoms with E-state index in [-0.39, 0.29) is 5.69 Å². The van der Waals surface area contributed by atoms with Crippen molar-refractivity contribution < 1.29 is 14.3 Å². The van der Waals surface area contributed by atoms with Gasteiger partial charge in [-0.2, -0.15) is 4.98 Å². The monoisotopic (exact) mass is 224 g/mol. The van der Waals surface area contributed by atoms with Crippen molar-refractivity contribution in [2.75, 3.05) is 11.9 Å². The zero-order valence-corrected chi connectivity index (χ0v) is 9.27. The van der Waals surface area contributed by atoms with E-state index in [4.69, 9.17) is 9.52 Å². The molecule has 1 aliphatic rings. The molecule has 2 atom stereocenters. The fourth-order valence-electron chi connectivity index (χ4n) is 2.20. The maximum atomic E-state index is 10.6. The van der Waals surface area contributed by atoms with E-state index in [9.17, 15) is 4.79 Å². The van der Waals surface area contributed by atoms with Crippen LogP contribution in [0, 0.1) is 11.8 Å². The lowest BCUT2D eigenvalue weighted by Crippen LogP contribution is -2.11. The van der Waals surface area contributed by atoms with Crippen LogP contribution in [0.3, 0.4) is 0 Å². The van der Waals surface area contributed by atoms with Gasteiger partial charge in [-0.15, -0.1) is 0 Å². The second kappa shape index (κ2) is 4.55. The van der Waals surface area contributed by atoms with Crippen molar-refractivity contribution in [2.24, 2.45) is 11.8 Å². The molecular formula is C11H16N2O3. The van der Waals surface area contributed by atoms with Crippen LogP contribution in [0.2, 0.25) is 0 Å². The largest absolute Gasteiger partial charge is 0.476 e. The summed E-state index contributed by atoms with van der Waals surface area (Å²) in [5.74, 6) is 0.382. The van der Waals surface area contributed by atoms with E-state index in [1.54, 1.807) is 0 Å². The lowest BCUT2D eigenvalue weighted by molar-refractivity contribution is 0.0690. The van der Waals surface area contributed by atoms with Crippen LogP contribution in [0.4, 0.5) is 6.01 Å². The van der Waals surface area contributed by atoms with Gasteiger partial charge in [0, 0.05) is 6.54 Å². The molecule has 1 aromatic rings. The third-order valence-corrected chi connectivity index (χ3v) is 3.07. The summed E-state index contributed by atoms with van der Waals surface area (Å²) in [6.45, 7) is 3.07. The Hall–Kier alpha value is -1.52. The van der Waals surface area contributed by atoms with Gasteiger partial charge in [0.2, 0.25) is 0 Å². The smallest absolute Gasteiger partial charge is 0.357 e. The minimum absolute atomic E-state index is 0.0534. The molecule has 2 N–H and O–H groups in total. The summed E-state index contributed by atoms with van der Waals surface area (Å²) in [6, 6.07) is 0.303. The highest BCUT2D eigenvalue weighted by Gasteiger charge is 2.21. The van der Waals surface area contributed by atoms with E-state index < -0.39 is 5.97 Å². The van der Waals surface area contributed by atoms with E-state index in [1.165, 1.54) is 19.3 Å². The van der Waals surface area contributed by atoms with Crippen molar-refractivity contribution in [2.45, 2.75) is 26.2 Å². The van der Waals surface area contributed by atoms with Crippen LogP contribution in [-0.4, -0.2) is 22.6 Å². The van der Waals surface area contributed by atoms with Crippen molar-refractivity contribution in [3.8, 4) is 0 Å². The van der Waals surface area contributed by atoms with Crippen LogP contribution in [0.5, 0.6) is 0 Å². The molecule has 0 radical (unpaired) electrons. The van der Waals surface area contributed by atoms with Crippen LogP contribution in [-0.2, 0) is 0 Å². The van der Waals surface area contributed by atoms with E-state index in [2.05, 4.69) is 17.2 Å². The average Bonchev–Trinajstić information content (AvgIpc) is 2.83. The van der Waals surface area contributed by atoms with Crippen LogP contribution in [0.25, 0.3) is 0 Å². The Bertz CT molecular complexity index is 375. The minimum Gasteiger partial charge on any atom is -0.476 e. The molecule has 88 valence electrons. The Morgan fingerprint density at radius 2 is 2.50 bits per heavy atom. The zero-order valence-electron chi connectivity index (χ0n) is 9.27. The van der Waals surface area contributed by atoms with Gasteiger partial charge in [0.05, 0.1) is 0 Å². The van der Waals surface area contributed by atoms with Crippen LogP contribution < -0.4 is 5.32 Å². The number of anilines is 1. The highest BCUT2D eigenvalue weighted by Crippen LogP contribution is 2.30. The first-order chi connectivity index (χ1) is 7.65. The van der Waals surface area contributed by atoms with Crippen molar-refractivity contribution in [1.82, 2.24) is 4.98 Å². The van der Waals surface area contributed by atoms with Gasteiger partial charge >= 0.3 is 5.97 Å². The first-order valence-corrected chi connectivity index (χ1v) is 5.58. The summed E-state index contributed by atoms with van der Waals surface area (Å²) >= 11 is 0. The number of oxazole rings is 1. The fourth-order valence-corrected chi connectivity index (χ4v) is 2.20. The third kappa shape index (κ3) is 2.53. The van der Waals surface area contributed by atoms with Crippen LogP contribution in [0.1, 0.15) is 36.7 Å². The number of nitrogens with zero attached hydrogens (tertiary/aromatic N) is 1. The molecule has 16 heavy (non-hydrogen) atoms. The molecule has 5 nitrogen and oxygen atoms in total. The molecule has 1 aliphatic carbocycles. The van der Waals surface area contributed by atoms with Gasteiger partial charge in [0.1, 0.15) is 6.26 Å². The Morgan fingerprint density at radius 1 is 1.69 bits per heavy atom. The number of carboxylic acids is 1. The number of carboxylic acid groups (broad SMARTS) is 1. The first-order valence-electron chi connectivity index (χ1n) is 5.58. The van der Waals surface area contributed by atoms with Gasteiger partial charge < -0.3 is 14.8 Å². The Labute approximate surface area is 93.9 Å². The predicted octanol–water partition coefficient (Wildman–Crippen LogP) is 2.22. The quantitative estimate of drug-likeness (QED) is 0.820. The molecule has 0 bridgehead atoms. The van der Waals surface area contributed by atoms with Crippen LogP contribution >= 0.6 is 0 Å². The number of aromatic nitrogens is 1. The summed E-state index contributed by atoms with van der Waals surface area (Å²) in [7, 11) is 0. The van der Waals surface area contributed by atoms with Gasteiger partial charge in [-0.25, -0.2) is 4.79 Å². The van der Waals surface area contributed by atoms with Crippen LogP contribution in [0.15, 0.2) is 10.7 Å². The SMILES string of the molecule is CC1CCC(CNc2nc(C(=O)O)co2)C1. The first kappa shape index (κ1) is 11.0. The van der Waals surface area contributed by atoms with E-state index >= 15 is 0 Å². The number of hydrogen-bond acceptors (Lipinski definition) is 4. The number of nitrogens with one attached hydrogen (secondary N) is 1. The number of rotatable bonds is 4. The summed E-state index contributed by atoms with van der Waals surface area (Å²) in [4.78, 5) is 14.4. The van der Waals surface area contributed by atoms with E-state index in [0.29, 0.717) is 11.9 Å². The molecule has 0 aliphatic heterocycles. The predicted molar refractivity (Wildman–Crippen MR) is 58.5 cm³/mol. The number of carbonyl (C=O) groups is 1. The Morgan fingerprint density at radius 3 is 3.06 bits per heavy atom. The van der Waals surface area contributed by atoms with Gasteiger partial charge in [0.15, 0.2) is 5.69 Å². The molecule has 0 aromatic carbocycles. The van der Waals surface area contributed by atoms with Gasteiger partial charge in [0.25, 0.3) is 6.01 Å². The van der Waals surface area contributed by atoms with Gasteiger partial charge in [-0.1, -0.05) is 13.3 Å². The minimum atomic E-state index is -1.06. The second-order valence-electron chi connectivity index (χ2n) is 4.51. The Kier molecular flexibility index (Phi) is 3.12. The molecule has 1 fully saturated rings. The van der Waals surface area contributed by atoms with E-state index in [0.717, 1.165) is 18.7 Å². The number of aromatic carboxylic acids is 1. The second-order valence-corrected chi connectivity index (χ2v) is 4.51. The molecule has 0 amide bonds. The highest BCUT2D eigenvalue weighted by molar-refractivity contribution is 5.85. The maximum Gasteiger partial charge on any atom is 0.357 e. The normalized spacial score (nSPS) is 24.6. The topological polar surface area (TPSA) is 75.4 Å². The average molecular weight is 224 g/mol. The van der Waals surface area contributed by atoms with Gasteiger partial charge in [-0.05, 0) is 24.7 Å².